The van der Waals surface area contributed by atoms with Crippen LogP contribution in [0.5, 0.6) is 0 Å². The van der Waals surface area contributed by atoms with Crippen molar-refractivity contribution in [1.29, 1.82) is 0 Å². The Morgan fingerprint density at radius 2 is 2.20 bits per heavy atom. The Kier molecular flexibility index (Phi) is 1.80. The maximum Gasteiger partial charge on any atom is 0.247 e. The molecule has 1 aromatic rings. The predicted octanol–water partition coefficient (Wildman–Crippen LogP) is 0.704. The predicted molar refractivity (Wildman–Crippen MR) is 40.4 cm³/mol. The van der Waals surface area contributed by atoms with Crippen molar-refractivity contribution < 1.29 is 8.42 Å². The van der Waals surface area contributed by atoms with E-state index in [9.17, 15) is 8.42 Å². The number of sulfonamides is 1. The van der Waals surface area contributed by atoms with Gasteiger partial charge in [-0.15, -0.1) is 11.3 Å². The Bertz CT molecular complexity index is 325. The second-order valence-electron chi connectivity index (χ2n) is 1.94. The fourth-order valence-corrected chi connectivity index (χ4v) is 2.52. The zero-order valence-corrected chi connectivity index (χ0v) is 7.00. The highest BCUT2D eigenvalue weighted by Gasteiger charge is 2.11. The highest BCUT2D eigenvalue weighted by molar-refractivity contribution is 7.91. The Morgan fingerprint density at radius 3 is 2.40 bits per heavy atom. The highest BCUT2D eigenvalue weighted by Crippen LogP contribution is 2.19. The van der Waals surface area contributed by atoms with Crippen molar-refractivity contribution in [2.75, 3.05) is 0 Å². The molecule has 1 rings (SSSR count). The first-order chi connectivity index (χ1) is 4.52. The average molecular weight is 177 g/mol. The van der Waals surface area contributed by atoms with Crippen LogP contribution in [0.1, 0.15) is 5.56 Å². The van der Waals surface area contributed by atoms with Crippen molar-refractivity contribution >= 4 is 21.4 Å². The summed E-state index contributed by atoms with van der Waals surface area (Å²) in [6, 6.07) is 1.73. The number of aryl methyl sites for hydroxylation is 1. The van der Waals surface area contributed by atoms with Gasteiger partial charge in [0.2, 0.25) is 10.0 Å². The zero-order chi connectivity index (χ0) is 7.78. The minimum absolute atomic E-state index is 0.257. The first-order valence-electron chi connectivity index (χ1n) is 2.58. The largest absolute Gasteiger partial charge is 0.247 e. The van der Waals surface area contributed by atoms with Gasteiger partial charge in [-0.2, -0.15) is 0 Å². The van der Waals surface area contributed by atoms with Crippen LogP contribution in [0.4, 0.5) is 0 Å². The van der Waals surface area contributed by atoms with Crippen molar-refractivity contribution in [3.8, 4) is 0 Å². The van der Waals surface area contributed by atoms with Crippen LogP contribution in [0.2, 0.25) is 0 Å². The van der Waals surface area contributed by atoms with Crippen LogP contribution >= 0.6 is 11.3 Å². The van der Waals surface area contributed by atoms with Gasteiger partial charge in [0.1, 0.15) is 4.21 Å². The Morgan fingerprint density at radius 1 is 1.60 bits per heavy atom. The monoisotopic (exact) mass is 177 g/mol. The van der Waals surface area contributed by atoms with Gasteiger partial charge in [0.25, 0.3) is 0 Å². The summed E-state index contributed by atoms with van der Waals surface area (Å²) in [7, 11) is -3.47. The topological polar surface area (TPSA) is 60.2 Å². The summed E-state index contributed by atoms with van der Waals surface area (Å²) in [5.41, 5.74) is 0.715. The van der Waals surface area contributed by atoms with Gasteiger partial charge in [-0.3, -0.25) is 0 Å². The molecule has 1 heterocycles. The Labute approximate surface area is 63.5 Å². The third kappa shape index (κ3) is 1.36. The molecule has 0 aromatic carbocycles. The van der Waals surface area contributed by atoms with Crippen LogP contribution in [0.25, 0.3) is 0 Å². The fraction of sp³-hybridized carbons (Fsp3) is 0.200. The smallest absolute Gasteiger partial charge is 0.224 e. The first kappa shape index (κ1) is 7.71. The lowest BCUT2D eigenvalue weighted by atomic mass is 10.4. The van der Waals surface area contributed by atoms with Crippen LogP contribution < -0.4 is 5.14 Å². The van der Waals surface area contributed by atoms with Crippen LogP contribution in [0, 0.1) is 6.92 Å². The summed E-state index contributed by atoms with van der Waals surface area (Å²) in [4.78, 5) is 0. The fourth-order valence-electron chi connectivity index (χ4n) is 0.650. The lowest BCUT2D eigenvalue weighted by Gasteiger charge is -1.92. The second-order valence-corrected chi connectivity index (χ2v) is 4.61. The molecule has 56 valence electrons. The van der Waals surface area contributed by atoms with Crippen molar-refractivity contribution in [1.82, 2.24) is 0 Å². The van der Waals surface area contributed by atoms with E-state index < -0.39 is 10.0 Å². The van der Waals surface area contributed by atoms with E-state index in [1.54, 1.807) is 18.4 Å². The van der Waals surface area contributed by atoms with Crippen LogP contribution in [-0.2, 0) is 10.0 Å². The maximum atomic E-state index is 10.7. The number of thiophene rings is 1. The van der Waals surface area contributed by atoms with E-state index in [0.717, 1.165) is 11.3 Å². The number of primary sulfonamides is 1. The molecule has 0 spiro atoms. The number of hydrogen-bond acceptors (Lipinski definition) is 3. The molecule has 0 aliphatic heterocycles. The van der Waals surface area contributed by atoms with E-state index in [1.165, 1.54) is 0 Å². The van der Waals surface area contributed by atoms with Gasteiger partial charge >= 0.3 is 0 Å². The Hall–Kier alpha value is -0.390. The summed E-state index contributed by atoms with van der Waals surface area (Å²) in [5, 5.41) is 6.59. The van der Waals surface area contributed by atoms with E-state index >= 15 is 0 Å². The first-order valence-corrected chi connectivity index (χ1v) is 5.01. The van der Waals surface area contributed by atoms with Gasteiger partial charge in [0.15, 0.2) is 0 Å². The van der Waals surface area contributed by atoms with Crippen molar-refractivity contribution in [2.24, 2.45) is 5.14 Å². The van der Waals surface area contributed by atoms with E-state index in [1.807, 2.05) is 0 Å². The molecule has 3 nitrogen and oxygen atoms in total. The van der Waals surface area contributed by atoms with Crippen LogP contribution in [0.15, 0.2) is 15.7 Å². The summed E-state index contributed by atoms with van der Waals surface area (Å²) in [6.45, 7) is 1.72. The third-order valence-electron chi connectivity index (χ3n) is 1.07. The van der Waals surface area contributed by atoms with Gasteiger partial charge in [0, 0.05) is 0 Å². The van der Waals surface area contributed by atoms with Crippen molar-refractivity contribution in [3.63, 3.8) is 0 Å². The molecule has 0 aliphatic rings. The number of nitrogens with two attached hydrogens (primary N) is 1. The molecule has 2 N–H and O–H groups in total. The maximum absolute atomic E-state index is 10.7. The molecule has 0 saturated heterocycles. The molecule has 0 saturated carbocycles. The number of hydrogen-bond donors (Lipinski definition) is 1. The molecule has 5 heteroatoms. The molecule has 1 aromatic heterocycles. The molecule has 0 aliphatic carbocycles. The van der Waals surface area contributed by atoms with Gasteiger partial charge < -0.3 is 0 Å². The highest BCUT2D eigenvalue weighted by atomic mass is 32.2. The van der Waals surface area contributed by atoms with E-state index in [-0.39, 0.29) is 4.21 Å². The van der Waals surface area contributed by atoms with Crippen molar-refractivity contribution in [3.05, 3.63) is 17.0 Å². The Balaban J connectivity index is 3.32. The SMILES string of the molecule is Cc1ccsc1S(N)(=O)=O. The van der Waals surface area contributed by atoms with Crippen LogP contribution in [-0.4, -0.2) is 8.42 Å². The van der Waals surface area contributed by atoms with Gasteiger partial charge in [-0.1, -0.05) is 0 Å². The van der Waals surface area contributed by atoms with Crippen molar-refractivity contribution in [2.45, 2.75) is 11.1 Å². The zero-order valence-electron chi connectivity index (χ0n) is 5.37. The molecule has 0 fully saturated rings. The quantitative estimate of drug-likeness (QED) is 0.686. The van der Waals surface area contributed by atoms with E-state index in [2.05, 4.69) is 0 Å². The summed E-state index contributed by atoms with van der Waals surface area (Å²) in [6.07, 6.45) is 0. The molecule has 0 atom stereocenters. The van der Waals surface area contributed by atoms with E-state index in [0.29, 0.717) is 5.56 Å². The average Bonchev–Trinajstić information content (AvgIpc) is 2.11. The second kappa shape index (κ2) is 2.34. The molecule has 0 bridgehead atoms. The molecule has 0 unspecified atom stereocenters. The molecule has 10 heavy (non-hydrogen) atoms. The normalized spacial score (nSPS) is 11.8. The lowest BCUT2D eigenvalue weighted by Crippen LogP contribution is -2.11. The molecule has 0 radical (unpaired) electrons. The number of rotatable bonds is 1. The van der Waals surface area contributed by atoms with Gasteiger partial charge in [-0.05, 0) is 23.9 Å². The summed E-state index contributed by atoms with van der Waals surface area (Å²) < 4.78 is 21.7. The molecule has 0 amide bonds. The molecular weight excluding hydrogens is 170 g/mol. The van der Waals surface area contributed by atoms with Gasteiger partial charge in [0.05, 0.1) is 0 Å². The standard InChI is InChI=1S/C5H7NO2S2/c1-4-2-3-9-5(4)10(6,7)8/h2-3H,1H3,(H2,6,7,8). The van der Waals surface area contributed by atoms with E-state index in [4.69, 9.17) is 5.14 Å². The van der Waals surface area contributed by atoms with Gasteiger partial charge in [-0.25, -0.2) is 13.6 Å². The summed E-state index contributed by atoms with van der Waals surface area (Å²) in [5.74, 6) is 0. The van der Waals surface area contributed by atoms with Crippen LogP contribution in [0.3, 0.4) is 0 Å². The third-order valence-corrected chi connectivity index (χ3v) is 3.71. The molecular formula is C5H7NO2S2. The minimum atomic E-state index is -3.47. The minimum Gasteiger partial charge on any atom is -0.224 e. The lowest BCUT2D eigenvalue weighted by molar-refractivity contribution is 0.599. The summed E-state index contributed by atoms with van der Waals surface area (Å²) >= 11 is 1.14.